The lowest BCUT2D eigenvalue weighted by Crippen LogP contribution is -2.48. The first-order valence-corrected chi connectivity index (χ1v) is 14.0. The topological polar surface area (TPSA) is 132 Å². The summed E-state index contributed by atoms with van der Waals surface area (Å²) < 4.78 is 22.0. The van der Waals surface area contributed by atoms with E-state index >= 15 is 0 Å². The molecule has 41 heavy (non-hydrogen) atoms. The molecule has 0 aromatic heterocycles. The highest BCUT2D eigenvalue weighted by Crippen LogP contribution is 2.44. The number of carbonyl (C=O) groups is 3. The molecule has 2 amide bonds. The Morgan fingerprint density at radius 1 is 0.854 bits per heavy atom. The maximum atomic E-state index is 12.7. The Bertz CT molecular complexity index is 1100. The van der Waals surface area contributed by atoms with Crippen molar-refractivity contribution in [3.8, 4) is 11.1 Å². The average Bonchev–Trinajstić information content (AvgIpc) is 3.25. The van der Waals surface area contributed by atoms with Crippen molar-refractivity contribution in [1.82, 2.24) is 10.6 Å². The number of carboxylic acid groups (broad SMARTS) is 1. The first kappa shape index (κ1) is 32.0. The molecule has 224 valence electrons. The minimum atomic E-state index is -1.07. The van der Waals surface area contributed by atoms with Crippen LogP contribution in [0.15, 0.2) is 48.5 Å². The average molecular weight is 571 g/mol. The Kier molecular flexibility index (Phi) is 12.6. The summed E-state index contributed by atoms with van der Waals surface area (Å²) in [6.45, 7) is 9.25. The fraction of sp³-hybridized carbons (Fsp3) is 0.516. The van der Waals surface area contributed by atoms with E-state index in [0.717, 1.165) is 22.3 Å². The molecule has 10 nitrogen and oxygen atoms in total. The molecule has 0 spiro atoms. The fourth-order valence-corrected chi connectivity index (χ4v) is 4.51. The Morgan fingerprint density at radius 2 is 1.41 bits per heavy atom. The van der Waals surface area contributed by atoms with E-state index in [1.54, 1.807) is 0 Å². The predicted molar refractivity (Wildman–Crippen MR) is 154 cm³/mol. The monoisotopic (exact) mass is 570 g/mol. The second-order valence-corrected chi connectivity index (χ2v) is 11.1. The summed E-state index contributed by atoms with van der Waals surface area (Å²) in [5.41, 5.74) is 4.47. The van der Waals surface area contributed by atoms with Crippen molar-refractivity contribution >= 4 is 18.0 Å². The van der Waals surface area contributed by atoms with Crippen molar-refractivity contribution in [1.29, 1.82) is 0 Å². The van der Waals surface area contributed by atoms with Crippen molar-refractivity contribution in [3.63, 3.8) is 0 Å². The molecule has 0 unspecified atom stereocenters. The largest absolute Gasteiger partial charge is 0.481 e. The Morgan fingerprint density at radius 3 is 2.00 bits per heavy atom. The lowest BCUT2D eigenvalue weighted by Gasteiger charge is -2.19. The van der Waals surface area contributed by atoms with Gasteiger partial charge in [0.2, 0.25) is 5.91 Å². The lowest BCUT2D eigenvalue weighted by atomic mass is 9.98. The molecule has 1 atom stereocenters. The van der Waals surface area contributed by atoms with E-state index in [1.165, 1.54) is 0 Å². The maximum Gasteiger partial charge on any atom is 0.407 e. The van der Waals surface area contributed by atoms with E-state index in [2.05, 4.69) is 31.4 Å². The van der Waals surface area contributed by atoms with Gasteiger partial charge in [0.25, 0.3) is 0 Å². The smallest absolute Gasteiger partial charge is 0.407 e. The minimum Gasteiger partial charge on any atom is -0.481 e. The first-order valence-electron chi connectivity index (χ1n) is 14.0. The van der Waals surface area contributed by atoms with E-state index in [-0.39, 0.29) is 43.9 Å². The third-order valence-corrected chi connectivity index (χ3v) is 6.42. The molecule has 0 heterocycles. The standard InChI is InChI=1S/C31H42N2O8/c1-31(2,3)21-40-19-18-39-17-16-38-15-14-32-29(36)27(12-13-28(34)35)33-30(37)41-20-26-24-10-6-4-8-22(24)23-9-5-7-11-25(23)26/h4-11,26-27H,12-21H2,1-3H3,(H,32,36)(H,33,37)(H,34,35)/t27-/m0/s1. The van der Waals surface area contributed by atoms with Gasteiger partial charge in [-0.3, -0.25) is 9.59 Å². The highest BCUT2D eigenvalue weighted by molar-refractivity contribution is 5.86. The molecular formula is C31H42N2O8. The third kappa shape index (κ3) is 10.8. The Balaban J connectivity index is 1.38. The van der Waals surface area contributed by atoms with E-state index in [1.807, 2.05) is 48.5 Å². The van der Waals surface area contributed by atoms with Crippen molar-refractivity contribution in [2.24, 2.45) is 5.41 Å². The Hall–Kier alpha value is -3.47. The van der Waals surface area contributed by atoms with Crippen LogP contribution in [0.1, 0.15) is 50.7 Å². The zero-order valence-electron chi connectivity index (χ0n) is 24.1. The summed E-state index contributed by atoms with van der Waals surface area (Å²) in [7, 11) is 0. The summed E-state index contributed by atoms with van der Waals surface area (Å²) in [6, 6.07) is 14.9. The van der Waals surface area contributed by atoms with Gasteiger partial charge in [0.1, 0.15) is 12.6 Å². The molecule has 0 radical (unpaired) electrons. The van der Waals surface area contributed by atoms with Crippen molar-refractivity contribution in [2.45, 2.75) is 45.6 Å². The number of nitrogens with one attached hydrogen (secondary N) is 2. The molecule has 1 aliphatic rings. The van der Waals surface area contributed by atoms with Gasteiger partial charge in [-0.25, -0.2) is 4.79 Å². The number of hydrogen-bond donors (Lipinski definition) is 3. The van der Waals surface area contributed by atoms with Crippen LogP contribution in [0.5, 0.6) is 0 Å². The van der Waals surface area contributed by atoms with Gasteiger partial charge in [-0.2, -0.15) is 0 Å². The van der Waals surface area contributed by atoms with Crippen LogP contribution in [0.3, 0.4) is 0 Å². The van der Waals surface area contributed by atoms with Gasteiger partial charge in [0.15, 0.2) is 0 Å². The molecule has 2 aromatic carbocycles. The molecule has 10 heteroatoms. The fourth-order valence-electron chi connectivity index (χ4n) is 4.51. The normalized spacial score (nSPS) is 13.2. The van der Waals surface area contributed by atoms with Crippen LogP contribution in [0, 0.1) is 5.41 Å². The van der Waals surface area contributed by atoms with Gasteiger partial charge < -0.3 is 34.7 Å². The first-order chi connectivity index (χ1) is 19.7. The quantitative estimate of drug-likeness (QED) is 0.244. The van der Waals surface area contributed by atoms with E-state index < -0.39 is 24.0 Å². The van der Waals surface area contributed by atoms with Crippen molar-refractivity contribution in [2.75, 3.05) is 52.8 Å². The second kappa shape index (κ2) is 16.1. The van der Waals surface area contributed by atoms with Gasteiger partial charge >= 0.3 is 12.1 Å². The third-order valence-electron chi connectivity index (χ3n) is 6.42. The number of fused-ring (bicyclic) bond motifs is 3. The van der Waals surface area contributed by atoms with Crippen LogP contribution in [0.4, 0.5) is 4.79 Å². The molecule has 0 bridgehead atoms. The van der Waals surface area contributed by atoms with E-state index in [0.29, 0.717) is 33.0 Å². The summed E-state index contributed by atoms with van der Waals surface area (Å²) in [5.74, 6) is -1.70. The van der Waals surface area contributed by atoms with E-state index in [9.17, 15) is 14.4 Å². The Labute approximate surface area is 241 Å². The highest BCUT2D eigenvalue weighted by Gasteiger charge is 2.30. The zero-order chi connectivity index (χ0) is 29.7. The van der Waals surface area contributed by atoms with Crippen LogP contribution >= 0.6 is 0 Å². The number of carbonyl (C=O) groups excluding carboxylic acids is 2. The summed E-state index contributed by atoms with van der Waals surface area (Å²) in [6.07, 6.45) is -1.14. The number of hydrogen-bond acceptors (Lipinski definition) is 7. The zero-order valence-corrected chi connectivity index (χ0v) is 24.1. The van der Waals surface area contributed by atoms with Crippen LogP contribution in [0.2, 0.25) is 0 Å². The van der Waals surface area contributed by atoms with Crippen molar-refractivity contribution < 1.29 is 38.4 Å². The number of benzene rings is 2. The van der Waals surface area contributed by atoms with E-state index in [4.69, 9.17) is 24.1 Å². The number of amides is 2. The van der Waals surface area contributed by atoms with Gasteiger partial charge in [-0.15, -0.1) is 0 Å². The van der Waals surface area contributed by atoms with Crippen LogP contribution < -0.4 is 10.6 Å². The molecule has 0 aliphatic heterocycles. The van der Waals surface area contributed by atoms with Crippen LogP contribution in [-0.2, 0) is 28.5 Å². The molecule has 3 rings (SSSR count). The van der Waals surface area contributed by atoms with Gasteiger partial charge in [-0.1, -0.05) is 69.3 Å². The van der Waals surface area contributed by atoms with Gasteiger partial charge in [0.05, 0.1) is 39.6 Å². The lowest BCUT2D eigenvalue weighted by molar-refractivity contribution is -0.137. The summed E-state index contributed by atoms with van der Waals surface area (Å²) in [4.78, 5) is 36.5. The SMILES string of the molecule is CC(C)(C)COCCOCCOCCNC(=O)[C@H](CCC(=O)O)NC(=O)OCC1c2ccccc2-c2ccccc21. The highest BCUT2D eigenvalue weighted by atomic mass is 16.6. The maximum absolute atomic E-state index is 12.7. The number of carboxylic acids is 1. The van der Waals surface area contributed by atoms with Crippen LogP contribution in [0.25, 0.3) is 11.1 Å². The molecule has 0 saturated heterocycles. The number of aliphatic carboxylic acids is 1. The second-order valence-electron chi connectivity index (χ2n) is 11.1. The number of ether oxygens (including phenoxy) is 4. The molecule has 0 saturated carbocycles. The van der Waals surface area contributed by atoms with Crippen molar-refractivity contribution in [3.05, 3.63) is 59.7 Å². The summed E-state index contributed by atoms with van der Waals surface area (Å²) in [5, 5.41) is 14.3. The van der Waals surface area contributed by atoms with Gasteiger partial charge in [0, 0.05) is 18.9 Å². The predicted octanol–water partition coefficient (Wildman–Crippen LogP) is 3.97. The number of rotatable bonds is 17. The minimum absolute atomic E-state index is 0.0721. The van der Waals surface area contributed by atoms with Crippen LogP contribution in [-0.4, -0.2) is 81.9 Å². The number of alkyl carbamates (subject to hydrolysis) is 1. The molecule has 0 fully saturated rings. The molecule has 3 N–H and O–H groups in total. The summed E-state index contributed by atoms with van der Waals surface area (Å²) >= 11 is 0. The molecule has 1 aliphatic carbocycles. The molecule has 2 aromatic rings. The van der Waals surface area contributed by atoms with Gasteiger partial charge in [-0.05, 0) is 34.1 Å². The molecular weight excluding hydrogens is 528 g/mol.